The second-order valence-electron chi connectivity index (χ2n) is 5.62. The summed E-state index contributed by atoms with van der Waals surface area (Å²) in [5.41, 5.74) is -0.177. The Morgan fingerprint density at radius 3 is 2.38 bits per heavy atom. The number of morpholine rings is 1. The van der Waals surface area contributed by atoms with Crippen LogP contribution in [0.4, 0.5) is 0 Å². The highest BCUT2D eigenvalue weighted by atomic mass is 16.5. The molecule has 0 spiro atoms. The molecule has 1 heterocycles. The van der Waals surface area contributed by atoms with Crippen LogP contribution in [0, 0.1) is 16.7 Å². The highest BCUT2D eigenvalue weighted by Gasteiger charge is 2.22. The van der Waals surface area contributed by atoms with E-state index in [1.807, 2.05) is 13.8 Å². The van der Waals surface area contributed by atoms with Gasteiger partial charge >= 0.3 is 0 Å². The maximum Gasteiger partial charge on any atom is 0.0683 e. The summed E-state index contributed by atoms with van der Waals surface area (Å²) < 4.78 is 5.69. The molecule has 0 bridgehead atoms. The highest BCUT2D eigenvalue weighted by Crippen LogP contribution is 2.21. The van der Waals surface area contributed by atoms with Crippen LogP contribution in [0.25, 0.3) is 0 Å². The number of hydrogen-bond acceptors (Lipinski definition) is 3. The van der Waals surface area contributed by atoms with Crippen LogP contribution in [0.1, 0.15) is 40.5 Å². The summed E-state index contributed by atoms with van der Waals surface area (Å²) in [5.74, 6) is 0. The number of nitriles is 1. The summed E-state index contributed by atoms with van der Waals surface area (Å²) in [5, 5.41) is 8.93. The average Bonchev–Trinajstić information content (AvgIpc) is 2.16. The highest BCUT2D eigenvalue weighted by molar-refractivity contribution is 4.91. The first-order chi connectivity index (χ1) is 7.43. The molecule has 2 atom stereocenters. The van der Waals surface area contributed by atoms with E-state index in [4.69, 9.17) is 10.00 Å². The molecule has 0 amide bonds. The van der Waals surface area contributed by atoms with E-state index in [0.29, 0.717) is 12.2 Å². The molecule has 1 aliphatic heterocycles. The van der Waals surface area contributed by atoms with Gasteiger partial charge in [-0.1, -0.05) is 0 Å². The molecule has 0 aromatic heterocycles. The van der Waals surface area contributed by atoms with Gasteiger partial charge in [-0.25, -0.2) is 0 Å². The van der Waals surface area contributed by atoms with E-state index in [0.717, 1.165) is 32.5 Å². The lowest BCUT2D eigenvalue weighted by molar-refractivity contribution is -0.0684. The zero-order valence-electron chi connectivity index (χ0n) is 11.0. The van der Waals surface area contributed by atoms with Gasteiger partial charge in [0.25, 0.3) is 0 Å². The molecule has 3 heteroatoms. The molecule has 0 aromatic rings. The zero-order chi connectivity index (χ0) is 12.2. The molecule has 0 N–H and O–H groups in total. The first-order valence-corrected chi connectivity index (χ1v) is 6.22. The largest absolute Gasteiger partial charge is 0.373 e. The van der Waals surface area contributed by atoms with Gasteiger partial charge in [-0.2, -0.15) is 5.26 Å². The minimum absolute atomic E-state index is 0.177. The second-order valence-corrected chi connectivity index (χ2v) is 5.62. The fraction of sp³-hybridized carbons (Fsp3) is 0.923. The number of ether oxygens (including phenoxy) is 1. The van der Waals surface area contributed by atoms with Crippen molar-refractivity contribution in [1.82, 2.24) is 4.90 Å². The van der Waals surface area contributed by atoms with Crippen LogP contribution in [0.2, 0.25) is 0 Å². The first-order valence-electron chi connectivity index (χ1n) is 6.22. The summed E-state index contributed by atoms with van der Waals surface area (Å²) in [6.45, 7) is 11.4. The van der Waals surface area contributed by atoms with E-state index in [-0.39, 0.29) is 5.41 Å². The van der Waals surface area contributed by atoms with Crippen LogP contribution >= 0.6 is 0 Å². The third-order valence-corrected chi connectivity index (χ3v) is 3.07. The quantitative estimate of drug-likeness (QED) is 0.736. The van der Waals surface area contributed by atoms with Crippen molar-refractivity contribution in [3.05, 3.63) is 0 Å². The molecule has 0 radical (unpaired) electrons. The Balaban J connectivity index is 2.25. The van der Waals surface area contributed by atoms with Gasteiger partial charge in [-0.15, -0.1) is 0 Å². The summed E-state index contributed by atoms with van der Waals surface area (Å²) in [6.07, 6.45) is 2.75. The number of rotatable bonds is 4. The van der Waals surface area contributed by atoms with Gasteiger partial charge in [0.2, 0.25) is 0 Å². The molecular formula is C13H24N2O. The molecule has 1 saturated heterocycles. The van der Waals surface area contributed by atoms with Crippen LogP contribution in [-0.2, 0) is 4.74 Å². The number of nitrogens with zero attached hydrogens (tertiary/aromatic N) is 2. The van der Waals surface area contributed by atoms with E-state index >= 15 is 0 Å². The predicted octanol–water partition coefficient (Wildman–Crippen LogP) is 2.43. The smallest absolute Gasteiger partial charge is 0.0683 e. The molecule has 1 aliphatic rings. The van der Waals surface area contributed by atoms with E-state index in [1.54, 1.807) is 0 Å². The van der Waals surface area contributed by atoms with Gasteiger partial charge in [0.1, 0.15) is 0 Å². The lowest BCUT2D eigenvalue weighted by atomic mass is 9.90. The van der Waals surface area contributed by atoms with Crippen molar-refractivity contribution in [2.45, 2.75) is 52.7 Å². The van der Waals surface area contributed by atoms with Crippen molar-refractivity contribution >= 4 is 0 Å². The summed E-state index contributed by atoms with van der Waals surface area (Å²) in [7, 11) is 0. The van der Waals surface area contributed by atoms with Gasteiger partial charge in [0.05, 0.1) is 23.7 Å². The van der Waals surface area contributed by atoms with Crippen molar-refractivity contribution in [1.29, 1.82) is 5.26 Å². The van der Waals surface area contributed by atoms with Crippen molar-refractivity contribution in [2.24, 2.45) is 5.41 Å². The molecule has 1 rings (SSSR count). The molecule has 92 valence electrons. The van der Waals surface area contributed by atoms with E-state index in [1.165, 1.54) is 0 Å². The molecule has 3 nitrogen and oxygen atoms in total. The minimum atomic E-state index is -0.177. The molecule has 0 unspecified atom stereocenters. The van der Waals surface area contributed by atoms with Crippen molar-refractivity contribution < 1.29 is 4.74 Å². The SMILES string of the molecule is C[C@@H]1CN(CCCC(C)(C)C#N)C[C@H](C)O1. The number of hydrogen-bond donors (Lipinski definition) is 0. The predicted molar refractivity (Wildman–Crippen MR) is 65.1 cm³/mol. The van der Waals surface area contributed by atoms with Gasteiger partial charge in [0.15, 0.2) is 0 Å². The van der Waals surface area contributed by atoms with Gasteiger partial charge < -0.3 is 4.74 Å². The Morgan fingerprint density at radius 2 is 1.88 bits per heavy atom. The van der Waals surface area contributed by atoms with Crippen molar-refractivity contribution in [2.75, 3.05) is 19.6 Å². The monoisotopic (exact) mass is 224 g/mol. The Hall–Kier alpha value is -0.590. The van der Waals surface area contributed by atoms with E-state index < -0.39 is 0 Å². The summed E-state index contributed by atoms with van der Waals surface area (Å²) >= 11 is 0. The van der Waals surface area contributed by atoms with Crippen LogP contribution in [-0.4, -0.2) is 36.7 Å². The molecular weight excluding hydrogens is 200 g/mol. The summed E-state index contributed by atoms with van der Waals surface area (Å²) in [6, 6.07) is 2.35. The van der Waals surface area contributed by atoms with E-state index in [2.05, 4.69) is 24.8 Å². The fourth-order valence-electron chi connectivity index (χ4n) is 2.27. The zero-order valence-corrected chi connectivity index (χ0v) is 11.0. The van der Waals surface area contributed by atoms with Crippen LogP contribution in [0.3, 0.4) is 0 Å². The van der Waals surface area contributed by atoms with Crippen molar-refractivity contribution in [3.63, 3.8) is 0 Å². The van der Waals surface area contributed by atoms with Crippen LogP contribution < -0.4 is 0 Å². The molecule has 16 heavy (non-hydrogen) atoms. The third-order valence-electron chi connectivity index (χ3n) is 3.07. The van der Waals surface area contributed by atoms with Gasteiger partial charge in [0, 0.05) is 13.1 Å². The summed E-state index contributed by atoms with van der Waals surface area (Å²) in [4.78, 5) is 2.45. The molecule has 0 aromatic carbocycles. The van der Waals surface area contributed by atoms with Gasteiger partial charge in [-0.3, -0.25) is 4.90 Å². The lowest BCUT2D eigenvalue weighted by Gasteiger charge is -2.35. The molecule has 1 fully saturated rings. The first kappa shape index (κ1) is 13.5. The fourth-order valence-corrected chi connectivity index (χ4v) is 2.27. The van der Waals surface area contributed by atoms with Crippen LogP contribution in [0.15, 0.2) is 0 Å². The van der Waals surface area contributed by atoms with Crippen molar-refractivity contribution in [3.8, 4) is 6.07 Å². The second kappa shape index (κ2) is 5.65. The Kier molecular flexibility index (Phi) is 4.76. The Morgan fingerprint density at radius 1 is 1.31 bits per heavy atom. The maximum atomic E-state index is 8.93. The third kappa shape index (κ3) is 4.51. The molecule has 0 saturated carbocycles. The topological polar surface area (TPSA) is 36.3 Å². The van der Waals surface area contributed by atoms with Crippen LogP contribution in [0.5, 0.6) is 0 Å². The lowest BCUT2D eigenvalue weighted by Crippen LogP contribution is -2.45. The normalized spacial score (nSPS) is 27.7. The average molecular weight is 224 g/mol. The molecule has 0 aliphatic carbocycles. The standard InChI is InChI=1S/C13H24N2O/c1-11-8-15(9-12(2)16-11)7-5-6-13(3,4)10-14/h11-12H,5-9H2,1-4H3/t11-,12+. The Bertz CT molecular complexity index is 247. The Labute approximate surface area is 99.4 Å². The minimum Gasteiger partial charge on any atom is -0.373 e. The van der Waals surface area contributed by atoms with Gasteiger partial charge in [-0.05, 0) is 47.1 Å². The maximum absolute atomic E-state index is 8.93. The van der Waals surface area contributed by atoms with E-state index in [9.17, 15) is 0 Å².